The average Bonchev–Trinajstić information content (AvgIpc) is 2.71. The Bertz CT molecular complexity index is 987. The van der Waals surface area contributed by atoms with E-state index in [9.17, 15) is 9.90 Å². The summed E-state index contributed by atoms with van der Waals surface area (Å²) >= 11 is 0. The lowest BCUT2D eigenvalue weighted by Crippen LogP contribution is -2.01. The van der Waals surface area contributed by atoms with E-state index >= 15 is 0 Å². The Hall–Kier alpha value is -3.53. The summed E-state index contributed by atoms with van der Waals surface area (Å²) in [6, 6.07) is 22.5. The maximum atomic E-state index is 11.8. The normalized spacial score (nSPS) is 11.1. The number of hydrogen-bond acceptors (Lipinski definition) is 3. The zero-order chi connectivity index (χ0) is 19.9. The molecule has 0 aromatic heterocycles. The fourth-order valence-corrected chi connectivity index (χ4v) is 2.89. The lowest BCUT2D eigenvalue weighted by Gasteiger charge is -2.11. The summed E-state index contributed by atoms with van der Waals surface area (Å²) in [6.07, 6.45) is 1.63. The first kappa shape index (κ1) is 19.2. The van der Waals surface area contributed by atoms with Crippen LogP contribution >= 0.6 is 0 Å². The number of rotatable bonds is 7. The van der Waals surface area contributed by atoms with Gasteiger partial charge >= 0.3 is 5.97 Å². The zero-order valence-corrected chi connectivity index (χ0v) is 15.9. The summed E-state index contributed by atoms with van der Waals surface area (Å²) in [6.45, 7) is 2.45. The Labute approximate surface area is 164 Å². The van der Waals surface area contributed by atoms with Gasteiger partial charge in [-0.15, -0.1) is 0 Å². The van der Waals surface area contributed by atoms with Gasteiger partial charge in [0.1, 0.15) is 18.1 Å². The van der Waals surface area contributed by atoms with Crippen molar-refractivity contribution in [2.45, 2.75) is 13.5 Å². The number of carbonyl (C=O) groups is 1. The van der Waals surface area contributed by atoms with Crippen LogP contribution in [0.2, 0.25) is 0 Å². The minimum absolute atomic E-state index is 0.189. The number of benzene rings is 3. The van der Waals surface area contributed by atoms with Crippen molar-refractivity contribution in [2.75, 3.05) is 7.11 Å². The molecule has 1 N–H and O–H groups in total. The standard InChI is InChI=1S/C24H22O4/c1-17-6-5-7-18(14-17)16-28-23-9-4-3-8-20(23)15-22(24(25)26)19-10-12-21(27-2)13-11-19/h3-15H,16H2,1-2H3,(H,25,26)/b22-15-. The third kappa shape index (κ3) is 4.80. The minimum Gasteiger partial charge on any atom is -0.497 e. The van der Waals surface area contributed by atoms with Gasteiger partial charge in [0.25, 0.3) is 0 Å². The Morgan fingerprint density at radius 2 is 1.75 bits per heavy atom. The molecular weight excluding hydrogens is 352 g/mol. The molecular formula is C24H22O4. The van der Waals surface area contributed by atoms with Crippen molar-refractivity contribution < 1.29 is 19.4 Å². The highest BCUT2D eigenvalue weighted by Crippen LogP contribution is 2.27. The number of ether oxygens (including phenoxy) is 2. The SMILES string of the molecule is COc1ccc(/C(=C/c2ccccc2OCc2cccc(C)c2)C(=O)O)cc1. The van der Waals surface area contributed by atoms with Gasteiger partial charge in [0.15, 0.2) is 0 Å². The Morgan fingerprint density at radius 1 is 1.00 bits per heavy atom. The number of para-hydroxylation sites is 1. The van der Waals surface area contributed by atoms with Gasteiger partial charge in [0, 0.05) is 5.56 Å². The second kappa shape index (κ2) is 8.91. The van der Waals surface area contributed by atoms with Crippen molar-refractivity contribution >= 4 is 17.6 Å². The molecule has 0 fully saturated rings. The van der Waals surface area contributed by atoms with Gasteiger partial charge in [-0.25, -0.2) is 4.79 Å². The Morgan fingerprint density at radius 3 is 2.43 bits per heavy atom. The van der Waals surface area contributed by atoms with Crippen LogP contribution in [0.5, 0.6) is 11.5 Å². The highest BCUT2D eigenvalue weighted by atomic mass is 16.5. The quantitative estimate of drug-likeness (QED) is 0.456. The first-order chi connectivity index (χ1) is 13.6. The molecule has 0 saturated carbocycles. The fourth-order valence-electron chi connectivity index (χ4n) is 2.89. The first-order valence-electron chi connectivity index (χ1n) is 8.93. The zero-order valence-electron chi connectivity index (χ0n) is 15.9. The molecule has 0 spiro atoms. The van der Waals surface area contributed by atoms with Gasteiger partial charge in [-0.3, -0.25) is 0 Å². The third-order valence-electron chi connectivity index (χ3n) is 4.33. The van der Waals surface area contributed by atoms with Crippen LogP contribution in [0.3, 0.4) is 0 Å². The number of hydrogen-bond donors (Lipinski definition) is 1. The smallest absolute Gasteiger partial charge is 0.336 e. The number of carboxylic acids is 1. The van der Waals surface area contributed by atoms with Crippen LogP contribution in [0, 0.1) is 6.92 Å². The largest absolute Gasteiger partial charge is 0.497 e. The molecule has 0 heterocycles. The molecule has 0 amide bonds. The number of methoxy groups -OCH3 is 1. The van der Waals surface area contributed by atoms with Gasteiger partial charge in [0.05, 0.1) is 12.7 Å². The molecule has 0 aliphatic heterocycles. The van der Waals surface area contributed by atoms with Crippen LogP contribution in [0.25, 0.3) is 11.6 Å². The van der Waals surface area contributed by atoms with Gasteiger partial charge in [-0.2, -0.15) is 0 Å². The summed E-state index contributed by atoms with van der Waals surface area (Å²) in [5.74, 6) is 0.310. The summed E-state index contributed by atoms with van der Waals surface area (Å²) < 4.78 is 11.1. The molecule has 0 bridgehead atoms. The first-order valence-corrected chi connectivity index (χ1v) is 8.93. The van der Waals surface area contributed by atoms with E-state index in [0.717, 1.165) is 5.56 Å². The maximum Gasteiger partial charge on any atom is 0.336 e. The molecule has 0 radical (unpaired) electrons. The van der Waals surface area contributed by atoms with E-state index in [1.165, 1.54) is 5.56 Å². The Balaban J connectivity index is 1.89. The molecule has 28 heavy (non-hydrogen) atoms. The second-order valence-corrected chi connectivity index (χ2v) is 6.41. The molecule has 4 nitrogen and oxygen atoms in total. The van der Waals surface area contributed by atoms with E-state index in [4.69, 9.17) is 9.47 Å². The second-order valence-electron chi connectivity index (χ2n) is 6.41. The van der Waals surface area contributed by atoms with Crippen molar-refractivity contribution in [3.63, 3.8) is 0 Å². The van der Waals surface area contributed by atoms with Gasteiger partial charge in [-0.1, -0.05) is 60.2 Å². The highest BCUT2D eigenvalue weighted by molar-refractivity contribution is 6.20. The van der Waals surface area contributed by atoms with Crippen LogP contribution in [-0.2, 0) is 11.4 Å². The maximum absolute atomic E-state index is 11.8. The average molecular weight is 374 g/mol. The summed E-state index contributed by atoms with van der Waals surface area (Å²) in [5.41, 5.74) is 3.73. The summed E-state index contributed by atoms with van der Waals surface area (Å²) in [5, 5.41) is 9.70. The number of aliphatic carboxylic acids is 1. The van der Waals surface area contributed by atoms with E-state index in [-0.39, 0.29) is 5.57 Å². The predicted octanol–water partition coefficient (Wildman–Crippen LogP) is 5.21. The lowest BCUT2D eigenvalue weighted by molar-refractivity contribution is -0.130. The third-order valence-corrected chi connectivity index (χ3v) is 4.33. The number of carboxylic acid groups (broad SMARTS) is 1. The molecule has 0 aliphatic carbocycles. The molecule has 4 heteroatoms. The lowest BCUT2D eigenvalue weighted by atomic mass is 10.0. The summed E-state index contributed by atoms with van der Waals surface area (Å²) in [4.78, 5) is 11.8. The van der Waals surface area contributed by atoms with E-state index in [0.29, 0.717) is 29.2 Å². The van der Waals surface area contributed by atoms with Crippen molar-refractivity contribution in [2.24, 2.45) is 0 Å². The monoisotopic (exact) mass is 374 g/mol. The van der Waals surface area contributed by atoms with Crippen molar-refractivity contribution in [3.8, 4) is 11.5 Å². The van der Waals surface area contributed by atoms with Crippen LogP contribution in [-0.4, -0.2) is 18.2 Å². The van der Waals surface area contributed by atoms with Gasteiger partial charge in [0.2, 0.25) is 0 Å². The van der Waals surface area contributed by atoms with Crippen molar-refractivity contribution in [1.29, 1.82) is 0 Å². The van der Waals surface area contributed by atoms with Crippen LogP contribution in [0.1, 0.15) is 22.3 Å². The van der Waals surface area contributed by atoms with E-state index < -0.39 is 5.97 Å². The van der Waals surface area contributed by atoms with Crippen molar-refractivity contribution in [1.82, 2.24) is 0 Å². The molecule has 142 valence electrons. The van der Waals surface area contributed by atoms with Gasteiger partial charge in [-0.05, 0) is 42.3 Å². The van der Waals surface area contributed by atoms with Gasteiger partial charge < -0.3 is 14.6 Å². The molecule has 3 rings (SSSR count). The Kier molecular flexibility index (Phi) is 6.12. The number of aryl methyl sites for hydroxylation is 1. The molecule has 3 aromatic rings. The predicted molar refractivity (Wildman–Crippen MR) is 110 cm³/mol. The molecule has 0 saturated heterocycles. The molecule has 0 atom stereocenters. The van der Waals surface area contributed by atoms with E-state index in [2.05, 4.69) is 6.07 Å². The van der Waals surface area contributed by atoms with Crippen LogP contribution < -0.4 is 9.47 Å². The molecule has 0 unspecified atom stereocenters. The fraction of sp³-hybridized carbons (Fsp3) is 0.125. The highest BCUT2D eigenvalue weighted by Gasteiger charge is 2.12. The van der Waals surface area contributed by atoms with Crippen LogP contribution in [0.15, 0.2) is 72.8 Å². The van der Waals surface area contributed by atoms with Crippen LogP contribution in [0.4, 0.5) is 0 Å². The van der Waals surface area contributed by atoms with E-state index in [1.807, 2.05) is 49.4 Å². The van der Waals surface area contributed by atoms with E-state index in [1.54, 1.807) is 37.5 Å². The van der Waals surface area contributed by atoms with Crippen molar-refractivity contribution in [3.05, 3.63) is 95.1 Å². The topological polar surface area (TPSA) is 55.8 Å². The summed E-state index contributed by atoms with van der Waals surface area (Å²) in [7, 11) is 1.57. The minimum atomic E-state index is -1.00. The molecule has 0 aliphatic rings. The molecule has 3 aromatic carbocycles.